The third-order valence-corrected chi connectivity index (χ3v) is 7.36. The monoisotopic (exact) mass is 517 g/mol. The summed E-state index contributed by atoms with van der Waals surface area (Å²) >= 11 is 6.23. The van der Waals surface area contributed by atoms with Gasteiger partial charge in [0, 0.05) is 46.8 Å². The van der Waals surface area contributed by atoms with Gasteiger partial charge in [0.15, 0.2) is 5.78 Å². The van der Waals surface area contributed by atoms with Gasteiger partial charge in [-0.25, -0.2) is 9.18 Å². The van der Waals surface area contributed by atoms with Crippen molar-refractivity contribution in [2.45, 2.75) is 25.0 Å². The highest BCUT2D eigenvalue weighted by atomic mass is 35.5. The Morgan fingerprint density at radius 1 is 1.14 bits per heavy atom. The molecule has 2 aromatic carbocycles. The highest BCUT2D eigenvalue weighted by molar-refractivity contribution is 6.31. The van der Waals surface area contributed by atoms with Gasteiger partial charge in [0.1, 0.15) is 17.1 Å². The smallest absolute Gasteiger partial charge is 0.340 e. The van der Waals surface area contributed by atoms with E-state index in [1.54, 1.807) is 47.0 Å². The predicted octanol–water partition coefficient (Wildman–Crippen LogP) is 4.69. The standard InChI is InChI=1S/C28H21ClFN3O4/c29-16-4-5-17-18(14-33(22(17)13-16)15-23(34)21-3-1-2-10-32-21)26(35)25-20(30)7-6-19-24(25)27(36)37-28(19)8-11-31-12-9-28/h1-7,10,13-14,31H,8-9,11-12,15H2. The average molecular weight is 518 g/mol. The predicted molar refractivity (Wildman–Crippen MR) is 135 cm³/mol. The molecule has 4 aromatic rings. The van der Waals surface area contributed by atoms with E-state index in [1.165, 1.54) is 18.5 Å². The van der Waals surface area contributed by atoms with E-state index >= 15 is 4.39 Å². The molecule has 0 saturated carbocycles. The fraction of sp³-hybridized carbons (Fsp3) is 0.214. The van der Waals surface area contributed by atoms with Crippen molar-refractivity contribution < 1.29 is 23.5 Å². The molecule has 1 fully saturated rings. The Kier molecular flexibility index (Phi) is 5.66. The van der Waals surface area contributed by atoms with E-state index in [4.69, 9.17) is 16.3 Å². The molecule has 0 aliphatic carbocycles. The fourth-order valence-electron chi connectivity index (χ4n) is 5.35. The molecule has 0 unspecified atom stereocenters. The number of pyridine rings is 1. The first-order valence-electron chi connectivity index (χ1n) is 11.9. The summed E-state index contributed by atoms with van der Waals surface area (Å²) in [5.74, 6) is -2.42. The van der Waals surface area contributed by atoms with Crippen molar-refractivity contribution in [3.8, 4) is 0 Å². The number of aromatic nitrogens is 2. The van der Waals surface area contributed by atoms with Crippen LogP contribution in [0.4, 0.5) is 4.39 Å². The van der Waals surface area contributed by atoms with E-state index in [1.807, 2.05) is 0 Å². The molecule has 2 aliphatic rings. The highest BCUT2D eigenvalue weighted by Gasteiger charge is 2.48. The zero-order chi connectivity index (χ0) is 25.7. The molecule has 1 N–H and O–H groups in total. The maximum atomic E-state index is 15.3. The Labute approximate surface area is 216 Å². The number of fused-ring (bicyclic) bond motifs is 3. The average Bonchev–Trinajstić information content (AvgIpc) is 3.38. The number of esters is 1. The van der Waals surface area contributed by atoms with Crippen molar-refractivity contribution in [1.82, 2.24) is 14.9 Å². The van der Waals surface area contributed by atoms with E-state index in [-0.39, 0.29) is 34.7 Å². The number of hydrogen-bond donors (Lipinski definition) is 1. The summed E-state index contributed by atoms with van der Waals surface area (Å²) in [5, 5.41) is 4.14. The number of carbonyl (C=O) groups is 3. The third-order valence-electron chi connectivity index (χ3n) is 7.13. The van der Waals surface area contributed by atoms with Gasteiger partial charge in [0.25, 0.3) is 0 Å². The van der Waals surface area contributed by atoms with Crippen LogP contribution in [0, 0.1) is 5.82 Å². The van der Waals surface area contributed by atoms with Crippen LogP contribution in [0.1, 0.15) is 55.2 Å². The number of rotatable bonds is 5. The van der Waals surface area contributed by atoms with Crippen LogP contribution < -0.4 is 5.32 Å². The second-order valence-corrected chi connectivity index (χ2v) is 9.71. The van der Waals surface area contributed by atoms with Crippen LogP contribution in [0.5, 0.6) is 0 Å². The second-order valence-electron chi connectivity index (χ2n) is 9.28. The number of halogens is 2. The Bertz CT molecular complexity index is 1590. The zero-order valence-corrected chi connectivity index (χ0v) is 20.3. The number of ether oxygens (including phenoxy) is 1. The van der Waals surface area contributed by atoms with Crippen molar-refractivity contribution >= 4 is 40.0 Å². The fourth-order valence-corrected chi connectivity index (χ4v) is 5.52. The molecule has 0 atom stereocenters. The molecule has 0 radical (unpaired) electrons. The summed E-state index contributed by atoms with van der Waals surface area (Å²) in [5.41, 5.74) is 0.311. The highest BCUT2D eigenvalue weighted by Crippen LogP contribution is 2.45. The minimum Gasteiger partial charge on any atom is -0.450 e. The van der Waals surface area contributed by atoms with E-state index < -0.39 is 23.2 Å². The molecule has 1 saturated heterocycles. The largest absolute Gasteiger partial charge is 0.450 e. The Hall–Kier alpha value is -3.88. The first kappa shape index (κ1) is 23.5. The van der Waals surface area contributed by atoms with E-state index in [0.717, 1.165) is 0 Å². The normalized spacial score (nSPS) is 16.1. The van der Waals surface area contributed by atoms with Gasteiger partial charge in [-0.15, -0.1) is 0 Å². The number of carbonyl (C=O) groups excluding carboxylic acids is 3. The lowest BCUT2D eigenvalue weighted by Crippen LogP contribution is -2.40. The van der Waals surface area contributed by atoms with E-state index in [0.29, 0.717) is 47.4 Å². The van der Waals surface area contributed by atoms with Crippen molar-refractivity contribution in [1.29, 1.82) is 0 Å². The number of benzene rings is 2. The van der Waals surface area contributed by atoms with Crippen LogP contribution in [-0.2, 0) is 16.9 Å². The van der Waals surface area contributed by atoms with Gasteiger partial charge in [-0.05, 0) is 43.4 Å². The SMILES string of the molecule is O=C(Cn1cc(C(=O)c2c(F)ccc3c2C(=O)OC32CCNCC2)c2ccc(Cl)cc21)c1ccccn1. The first-order valence-corrected chi connectivity index (χ1v) is 12.3. The molecular weight excluding hydrogens is 497 g/mol. The quantitative estimate of drug-likeness (QED) is 0.305. The lowest BCUT2D eigenvalue weighted by Gasteiger charge is -2.33. The van der Waals surface area contributed by atoms with Crippen molar-refractivity contribution in [3.63, 3.8) is 0 Å². The molecule has 0 bridgehead atoms. The zero-order valence-electron chi connectivity index (χ0n) is 19.6. The summed E-state index contributed by atoms with van der Waals surface area (Å²) in [6, 6.07) is 12.7. The van der Waals surface area contributed by atoms with E-state index in [9.17, 15) is 14.4 Å². The number of nitrogens with one attached hydrogen (secondary N) is 1. The van der Waals surface area contributed by atoms with Gasteiger partial charge >= 0.3 is 5.97 Å². The summed E-state index contributed by atoms with van der Waals surface area (Å²) in [4.78, 5) is 43.9. The first-order chi connectivity index (χ1) is 17.9. The molecule has 4 heterocycles. The van der Waals surface area contributed by atoms with Crippen molar-refractivity contribution in [3.05, 3.63) is 99.7 Å². The molecule has 2 aromatic heterocycles. The minimum atomic E-state index is -0.864. The van der Waals surface area contributed by atoms with Crippen LogP contribution in [0.3, 0.4) is 0 Å². The number of hydrogen-bond acceptors (Lipinski definition) is 6. The topological polar surface area (TPSA) is 90.3 Å². The van der Waals surface area contributed by atoms with Gasteiger partial charge in [0.05, 0.1) is 23.2 Å². The van der Waals surface area contributed by atoms with Gasteiger partial charge in [0.2, 0.25) is 5.78 Å². The van der Waals surface area contributed by atoms with Gasteiger partial charge in [-0.1, -0.05) is 29.8 Å². The molecule has 9 heteroatoms. The Morgan fingerprint density at radius 2 is 1.95 bits per heavy atom. The maximum absolute atomic E-state index is 15.3. The third kappa shape index (κ3) is 3.84. The molecular formula is C28H21ClFN3O4. The van der Waals surface area contributed by atoms with Crippen molar-refractivity contribution in [2.24, 2.45) is 0 Å². The van der Waals surface area contributed by atoms with Gasteiger partial charge < -0.3 is 14.6 Å². The number of Topliss-reactive ketones (excluding diaryl/α,β-unsaturated/α-hetero) is 1. The molecule has 2 aliphatic heterocycles. The lowest BCUT2D eigenvalue weighted by molar-refractivity contribution is -0.0242. The molecule has 0 amide bonds. The Morgan fingerprint density at radius 3 is 2.70 bits per heavy atom. The molecule has 1 spiro atoms. The number of nitrogens with zero attached hydrogens (tertiary/aromatic N) is 2. The number of piperidine rings is 1. The summed E-state index contributed by atoms with van der Waals surface area (Å²) < 4.78 is 22.7. The maximum Gasteiger partial charge on any atom is 0.340 e. The van der Waals surface area contributed by atoms with Crippen LogP contribution >= 0.6 is 11.6 Å². The summed E-state index contributed by atoms with van der Waals surface area (Å²) in [6.07, 6.45) is 4.11. The van der Waals surface area contributed by atoms with Crippen LogP contribution in [0.25, 0.3) is 10.9 Å². The van der Waals surface area contributed by atoms with Crippen LogP contribution in [0.2, 0.25) is 5.02 Å². The summed E-state index contributed by atoms with van der Waals surface area (Å²) in [6.45, 7) is 1.19. The second kappa shape index (κ2) is 8.90. The summed E-state index contributed by atoms with van der Waals surface area (Å²) in [7, 11) is 0. The number of ketones is 2. The molecule has 6 rings (SSSR count). The van der Waals surface area contributed by atoms with Gasteiger partial charge in [-0.3, -0.25) is 14.6 Å². The van der Waals surface area contributed by atoms with Gasteiger partial charge in [-0.2, -0.15) is 0 Å². The molecule has 186 valence electrons. The van der Waals surface area contributed by atoms with E-state index in [2.05, 4.69) is 10.3 Å². The lowest BCUT2D eigenvalue weighted by atomic mass is 9.82. The minimum absolute atomic E-state index is 0.0219. The molecule has 37 heavy (non-hydrogen) atoms. The van der Waals surface area contributed by atoms with Crippen molar-refractivity contribution in [2.75, 3.05) is 13.1 Å². The Balaban J connectivity index is 1.47. The van der Waals surface area contributed by atoms with Crippen LogP contribution in [0.15, 0.2) is 60.9 Å². The van der Waals surface area contributed by atoms with Crippen LogP contribution in [-0.4, -0.2) is 40.2 Å². The molecule has 7 nitrogen and oxygen atoms in total.